The molecule has 0 spiro atoms. The van der Waals surface area contributed by atoms with Crippen LogP contribution in [0.2, 0.25) is 0 Å². The van der Waals surface area contributed by atoms with Gasteiger partial charge < -0.3 is 10.1 Å². The van der Waals surface area contributed by atoms with Crippen molar-refractivity contribution in [3.63, 3.8) is 0 Å². The van der Waals surface area contributed by atoms with E-state index in [-0.39, 0.29) is 0 Å². The van der Waals surface area contributed by atoms with Gasteiger partial charge in [-0.25, -0.2) is 0 Å². The summed E-state index contributed by atoms with van der Waals surface area (Å²) in [5, 5.41) is 3.74. The molecule has 2 rings (SSSR count). The van der Waals surface area contributed by atoms with Crippen molar-refractivity contribution >= 4 is 0 Å². The minimum Gasteiger partial charge on any atom is -0.378 e. The maximum absolute atomic E-state index is 5.87. The Balaban J connectivity index is 1.94. The third-order valence-electron chi connectivity index (χ3n) is 5.00. The van der Waals surface area contributed by atoms with Crippen LogP contribution in [0.5, 0.6) is 0 Å². The molecule has 1 saturated carbocycles. The van der Waals surface area contributed by atoms with E-state index in [1.54, 1.807) is 0 Å². The maximum atomic E-state index is 5.87. The third-order valence-corrected chi connectivity index (χ3v) is 5.00. The molecule has 0 aromatic heterocycles. The second-order valence-corrected chi connectivity index (χ2v) is 6.17. The monoisotopic (exact) mass is 239 g/mol. The van der Waals surface area contributed by atoms with Crippen LogP contribution < -0.4 is 5.32 Å². The molecular formula is C15H29NO. The predicted octanol–water partition coefficient (Wildman–Crippen LogP) is 3.36. The lowest BCUT2D eigenvalue weighted by atomic mass is 9.73. The van der Waals surface area contributed by atoms with Gasteiger partial charge in [-0.05, 0) is 38.5 Å². The standard InChI is InChI=1S/C15H29NO/c1-4-13(5-2)10-15(8-9-17-12(15)3)11-16-14-6-7-14/h12-14,16H,4-11H2,1-3H3. The molecule has 100 valence electrons. The quantitative estimate of drug-likeness (QED) is 0.735. The fraction of sp³-hybridized carbons (Fsp3) is 1.00. The first-order valence-corrected chi connectivity index (χ1v) is 7.55. The first kappa shape index (κ1) is 13.4. The smallest absolute Gasteiger partial charge is 0.0616 e. The highest BCUT2D eigenvalue weighted by Crippen LogP contribution is 2.42. The molecule has 1 aliphatic heterocycles. The molecule has 1 heterocycles. The molecule has 2 nitrogen and oxygen atoms in total. The Morgan fingerprint density at radius 3 is 2.47 bits per heavy atom. The minimum atomic E-state index is 0.416. The number of ether oxygens (including phenoxy) is 1. The Labute approximate surface area is 107 Å². The minimum absolute atomic E-state index is 0.416. The highest BCUT2D eigenvalue weighted by Gasteiger charge is 2.43. The van der Waals surface area contributed by atoms with E-state index in [1.807, 2.05) is 0 Å². The van der Waals surface area contributed by atoms with Crippen molar-refractivity contribution < 1.29 is 4.74 Å². The maximum Gasteiger partial charge on any atom is 0.0616 e. The normalized spacial score (nSPS) is 33.5. The van der Waals surface area contributed by atoms with E-state index in [2.05, 4.69) is 26.1 Å². The summed E-state index contributed by atoms with van der Waals surface area (Å²) in [6.45, 7) is 9.08. The largest absolute Gasteiger partial charge is 0.378 e. The number of rotatable bonds is 7. The van der Waals surface area contributed by atoms with Gasteiger partial charge in [-0.15, -0.1) is 0 Å². The van der Waals surface area contributed by atoms with E-state index in [9.17, 15) is 0 Å². The molecule has 2 fully saturated rings. The van der Waals surface area contributed by atoms with Crippen molar-refractivity contribution in [1.29, 1.82) is 0 Å². The molecule has 0 bridgehead atoms. The second-order valence-electron chi connectivity index (χ2n) is 6.17. The summed E-state index contributed by atoms with van der Waals surface area (Å²) < 4.78 is 5.87. The van der Waals surface area contributed by atoms with Gasteiger partial charge in [0.05, 0.1) is 6.10 Å². The zero-order chi connectivity index (χ0) is 12.3. The summed E-state index contributed by atoms with van der Waals surface area (Å²) in [6, 6.07) is 0.821. The van der Waals surface area contributed by atoms with E-state index >= 15 is 0 Å². The Hall–Kier alpha value is -0.0800. The lowest BCUT2D eigenvalue weighted by Gasteiger charge is -2.35. The fourth-order valence-corrected chi connectivity index (χ4v) is 3.18. The van der Waals surface area contributed by atoms with Crippen molar-refractivity contribution in [1.82, 2.24) is 5.32 Å². The Bertz CT molecular complexity index is 235. The van der Waals surface area contributed by atoms with Crippen LogP contribution in [0, 0.1) is 11.3 Å². The highest BCUT2D eigenvalue weighted by molar-refractivity contribution is 4.95. The van der Waals surface area contributed by atoms with E-state index in [0.29, 0.717) is 11.5 Å². The van der Waals surface area contributed by atoms with Gasteiger partial charge in [0, 0.05) is 24.6 Å². The average molecular weight is 239 g/mol. The number of nitrogens with one attached hydrogen (secondary N) is 1. The first-order chi connectivity index (χ1) is 8.20. The molecule has 2 unspecified atom stereocenters. The van der Waals surface area contributed by atoms with Crippen LogP contribution in [0.25, 0.3) is 0 Å². The number of hydrogen-bond donors (Lipinski definition) is 1. The summed E-state index contributed by atoms with van der Waals surface area (Å²) in [5.41, 5.74) is 0.416. The van der Waals surface area contributed by atoms with E-state index in [4.69, 9.17) is 4.74 Å². The van der Waals surface area contributed by atoms with Gasteiger partial charge in [0.25, 0.3) is 0 Å². The van der Waals surface area contributed by atoms with Gasteiger partial charge in [-0.1, -0.05) is 26.7 Å². The Morgan fingerprint density at radius 1 is 1.29 bits per heavy atom. The lowest BCUT2D eigenvalue weighted by Crippen LogP contribution is -2.41. The topological polar surface area (TPSA) is 21.3 Å². The van der Waals surface area contributed by atoms with Crippen molar-refractivity contribution in [3.05, 3.63) is 0 Å². The summed E-state index contributed by atoms with van der Waals surface area (Å²) in [7, 11) is 0. The van der Waals surface area contributed by atoms with Crippen LogP contribution in [-0.2, 0) is 4.74 Å². The molecule has 0 radical (unpaired) electrons. The molecule has 0 aromatic rings. The highest BCUT2D eigenvalue weighted by atomic mass is 16.5. The van der Waals surface area contributed by atoms with E-state index in [0.717, 1.165) is 18.6 Å². The fourth-order valence-electron chi connectivity index (χ4n) is 3.18. The van der Waals surface area contributed by atoms with Crippen LogP contribution in [0.4, 0.5) is 0 Å². The molecule has 0 amide bonds. The molecule has 17 heavy (non-hydrogen) atoms. The van der Waals surface area contributed by atoms with Crippen LogP contribution in [0.1, 0.15) is 59.3 Å². The van der Waals surface area contributed by atoms with Gasteiger partial charge in [0.2, 0.25) is 0 Å². The summed E-state index contributed by atoms with van der Waals surface area (Å²) >= 11 is 0. The molecule has 0 aromatic carbocycles. The van der Waals surface area contributed by atoms with Gasteiger partial charge in [0.15, 0.2) is 0 Å². The Kier molecular flexibility index (Phi) is 4.48. The molecule has 2 heteroatoms. The van der Waals surface area contributed by atoms with Crippen LogP contribution >= 0.6 is 0 Å². The predicted molar refractivity (Wildman–Crippen MR) is 72.2 cm³/mol. The third kappa shape index (κ3) is 3.23. The molecule has 2 atom stereocenters. The summed E-state index contributed by atoms with van der Waals surface area (Å²) in [6.07, 6.45) is 8.44. The van der Waals surface area contributed by atoms with Crippen molar-refractivity contribution in [2.45, 2.75) is 71.4 Å². The molecule has 1 N–H and O–H groups in total. The van der Waals surface area contributed by atoms with Crippen molar-refractivity contribution in [2.24, 2.45) is 11.3 Å². The summed E-state index contributed by atoms with van der Waals surface area (Å²) in [5.74, 6) is 0.875. The second kappa shape index (κ2) is 5.71. The lowest BCUT2D eigenvalue weighted by molar-refractivity contribution is 0.0479. The van der Waals surface area contributed by atoms with Gasteiger partial charge >= 0.3 is 0 Å². The van der Waals surface area contributed by atoms with Crippen LogP contribution in [-0.4, -0.2) is 25.3 Å². The van der Waals surface area contributed by atoms with Crippen LogP contribution in [0.3, 0.4) is 0 Å². The van der Waals surface area contributed by atoms with E-state index < -0.39 is 0 Å². The van der Waals surface area contributed by atoms with Gasteiger partial charge in [-0.2, -0.15) is 0 Å². The van der Waals surface area contributed by atoms with Crippen molar-refractivity contribution in [3.8, 4) is 0 Å². The SMILES string of the molecule is CCC(CC)CC1(CNC2CC2)CCOC1C. The molecule has 2 aliphatic rings. The van der Waals surface area contributed by atoms with E-state index in [1.165, 1.54) is 45.1 Å². The zero-order valence-corrected chi connectivity index (χ0v) is 11.8. The Morgan fingerprint density at radius 2 is 2.00 bits per heavy atom. The zero-order valence-electron chi connectivity index (χ0n) is 11.8. The van der Waals surface area contributed by atoms with Gasteiger partial charge in [0.1, 0.15) is 0 Å². The first-order valence-electron chi connectivity index (χ1n) is 7.55. The molecular weight excluding hydrogens is 210 g/mol. The van der Waals surface area contributed by atoms with Crippen LogP contribution in [0.15, 0.2) is 0 Å². The number of hydrogen-bond acceptors (Lipinski definition) is 2. The average Bonchev–Trinajstić information content (AvgIpc) is 3.10. The summed E-state index contributed by atoms with van der Waals surface area (Å²) in [4.78, 5) is 0. The van der Waals surface area contributed by atoms with Crippen molar-refractivity contribution in [2.75, 3.05) is 13.2 Å². The van der Waals surface area contributed by atoms with Gasteiger partial charge in [-0.3, -0.25) is 0 Å². The molecule has 1 aliphatic carbocycles. The molecule has 1 saturated heterocycles.